The predicted octanol–water partition coefficient (Wildman–Crippen LogP) is 11.9. The van der Waals surface area contributed by atoms with Crippen LogP contribution in [-0.2, 0) is 0 Å². The minimum Gasteiger partial charge on any atom is -0.497 e. The van der Waals surface area contributed by atoms with Crippen molar-refractivity contribution in [3.63, 3.8) is 0 Å². The van der Waals surface area contributed by atoms with E-state index in [1.807, 2.05) is 49.1 Å². The summed E-state index contributed by atoms with van der Waals surface area (Å²) in [5, 5.41) is 4.44. The molecule has 9 aromatic rings. The third-order valence-corrected chi connectivity index (χ3v) is 11.9. The number of ether oxygens (including phenoxy) is 4. The Balaban J connectivity index is 0.992. The smallest absolute Gasteiger partial charge is 0.119 e. The number of fused-ring (bicyclic) bond motifs is 6. The van der Waals surface area contributed by atoms with Gasteiger partial charge in [-0.15, -0.1) is 0 Å². The molecule has 0 radical (unpaired) electrons. The fourth-order valence-electron chi connectivity index (χ4n) is 8.86. The second-order valence-electron chi connectivity index (χ2n) is 15.0. The van der Waals surface area contributed by atoms with E-state index in [4.69, 9.17) is 28.9 Å². The highest BCUT2D eigenvalue weighted by Crippen LogP contribution is 2.43. The van der Waals surface area contributed by atoms with Gasteiger partial charge in [0.05, 0.1) is 50.5 Å². The van der Waals surface area contributed by atoms with Crippen molar-refractivity contribution in [1.29, 1.82) is 0 Å². The Morgan fingerprint density at radius 3 is 1.47 bits per heavy atom. The molecule has 8 heteroatoms. The van der Waals surface area contributed by atoms with Crippen molar-refractivity contribution in [1.82, 2.24) is 19.1 Å². The van der Waals surface area contributed by atoms with Crippen LogP contribution in [0.1, 0.15) is 18.4 Å². The van der Waals surface area contributed by atoms with E-state index in [1.165, 1.54) is 5.70 Å². The number of benzene rings is 5. The van der Waals surface area contributed by atoms with Crippen molar-refractivity contribution >= 4 is 49.3 Å². The molecule has 10 rings (SSSR count). The minimum atomic E-state index is 0.102. The number of aromatic nitrogens is 4. The molecule has 290 valence electrons. The first kappa shape index (κ1) is 36.0. The molecule has 0 bridgehead atoms. The summed E-state index contributed by atoms with van der Waals surface area (Å²) in [6.07, 6.45) is 14.5. The average Bonchev–Trinajstić information content (AvgIpc) is 3.80. The van der Waals surface area contributed by atoms with Gasteiger partial charge in [-0.25, -0.2) is 0 Å². The molecule has 1 aliphatic carbocycles. The molecule has 0 amide bonds. The Labute approximate surface area is 342 Å². The van der Waals surface area contributed by atoms with Crippen LogP contribution in [0.15, 0.2) is 152 Å². The van der Waals surface area contributed by atoms with E-state index in [1.54, 1.807) is 28.4 Å². The van der Waals surface area contributed by atoms with Crippen LogP contribution in [0.4, 0.5) is 0 Å². The number of nitrogens with zero attached hydrogens (tertiary/aromatic N) is 4. The van der Waals surface area contributed by atoms with Gasteiger partial charge in [-0.05, 0) is 114 Å². The van der Waals surface area contributed by atoms with E-state index in [2.05, 4.69) is 119 Å². The summed E-state index contributed by atoms with van der Waals surface area (Å²) in [4.78, 5) is 9.54. The molecule has 0 N–H and O–H groups in total. The monoisotopic (exact) mass is 774 g/mol. The first-order valence-corrected chi connectivity index (χ1v) is 19.7. The van der Waals surface area contributed by atoms with Crippen molar-refractivity contribution in [2.75, 3.05) is 28.4 Å². The van der Waals surface area contributed by atoms with Gasteiger partial charge in [0.2, 0.25) is 0 Å². The first-order chi connectivity index (χ1) is 29.0. The predicted molar refractivity (Wildman–Crippen MR) is 238 cm³/mol. The van der Waals surface area contributed by atoms with Gasteiger partial charge in [-0.2, -0.15) is 0 Å². The molecule has 0 fully saturated rings. The number of hydrogen-bond acceptors (Lipinski definition) is 6. The summed E-state index contributed by atoms with van der Waals surface area (Å²) < 4.78 is 27.2. The second kappa shape index (κ2) is 14.6. The van der Waals surface area contributed by atoms with Crippen LogP contribution in [0.3, 0.4) is 0 Å². The Morgan fingerprint density at radius 1 is 0.475 bits per heavy atom. The zero-order chi connectivity index (χ0) is 40.2. The summed E-state index contributed by atoms with van der Waals surface area (Å²) >= 11 is 0. The molecular formula is C51H42N4O4. The fraction of sp³-hybridized carbons (Fsp3) is 0.137. The number of allylic oxidation sites excluding steroid dienone is 4. The van der Waals surface area contributed by atoms with Gasteiger partial charge < -0.3 is 28.1 Å². The largest absolute Gasteiger partial charge is 0.497 e. The number of methoxy groups -OCH3 is 4. The summed E-state index contributed by atoms with van der Waals surface area (Å²) in [5.41, 5.74) is 11.9. The van der Waals surface area contributed by atoms with Gasteiger partial charge in [0, 0.05) is 86.2 Å². The highest BCUT2D eigenvalue weighted by Gasteiger charge is 2.27. The van der Waals surface area contributed by atoms with Gasteiger partial charge in [0.25, 0.3) is 0 Å². The number of hydrogen-bond donors (Lipinski definition) is 0. The van der Waals surface area contributed by atoms with Crippen molar-refractivity contribution in [3.05, 3.63) is 158 Å². The summed E-state index contributed by atoms with van der Waals surface area (Å²) in [6.45, 7) is 2.30. The topological polar surface area (TPSA) is 72.6 Å². The molecule has 0 saturated carbocycles. The summed E-state index contributed by atoms with van der Waals surface area (Å²) in [6, 6.07) is 38.1. The van der Waals surface area contributed by atoms with Crippen LogP contribution < -0.4 is 18.9 Å². The molecule has 1 aliphatic rings. The maximum absolute atomic E-state index is 5.63. The molecule has 2 unspecified atom stereocenters. The van der Waals surface area contributed by atoms with E-state index in [0.29, 0.717) is 0 Å². The molecule has 4 aromatic heterocycles. The highest BCUT2D eigenvalue weighted by atomic mass is 16.5. The Bertz CT molecular complexity index is 3030. The molecule has 0 aliphatic heterocycles. The van der Waals surface area contributed by atoms with Gasteiger partial charge in [0.15, 0.2) is 0 Å². The van der Waals surface area contributed by atoms with Crippen molar-refractivity contribution in [2.24, 2.45) is 5.92 Å². The highest BCUT2D eigenvalue weighted by molar-refractivity contribution is 6.12. The standard InChI is InChI=1S/C51H42N4O4/c1-31-42(10-7-11-47(31)55-50-18-14-40(58-4)25-45(50)46-26-41(59-5)15-19-51(46)55)36-21-35(29-53-30-36)34-20-33(27-52-28-34)32-8-6-9-37(22-32)54-48-16-12-38(56-2)23-43(48)44-24-39(57-3)13-17-49(44)54/h6-31,42H,1-5H3. The van der Waals surface area contributed by atoms with Gasteiger partial charge in [-0.3, -0.25) is 9.97 Å². The molecule has 4 heterocycles. The van der Waals surface area contributed by atoms with E-state index in [9.17, 15) is 0 Å². The zero-order valence-electron chi connectivity index (χ0n) is 33.5. The van der Waals surface area contributed by atoms with Crippen molar-refractivity contribution in [2.45, 2.75) is 12.8 Å². The quantitative estimate of drug-likeness (QED) is 0.145. The summed E-state index contributed by atoms with van der Waals surface area (Å²) in [5.74, 6) is 3.52. The molecule has 5 aromatic carbocycles. The van der Waals surface area contributed by atoms with E-state index in [-0.39, 0.29) is 11.8 Å². The lowest BCUT2D eigenvalue weighted by Crippen LogP contribution is -2.16. The molecular weight excluding hydrogens is 733 g/mol. The number of pyridine rings is 2. The van der Waals surface area contributed by atoms with Crippen molar-refractivity contribution in [3.8, 4) is 50.9 Å². The lowest BCUT2D eigenvalue weighted by Gasteiger charge is -2.28. The second-order valence-corrected chi connectivity index (χ2v) is 15.0. The third-order valence-electron chi connectivity index (χ3n) is 11.9. The molecule has 59 heavy (non-hydrogen) atoms. The maximum atomic E-state index is 5.63. The van der Waals surface area contributed by atoms with E-state index >= 15 is 0 Å². The molecule has 0 spiro atoms. The molecule has 8 nitrogen and oxygen atoms in total. The first-order valence-electron chi connectivity index (χ1n) is 19.7. The van der Waals surface area contributed by atoms with E-state index < -0.39 is 0 Å². The van der Waals surface area contributed by atoms with Crippen LogP contribution >= 0.6 is 0 Å². The maximum Gasteiger partial charge on any atom is 0.119 e. The Hall–Kier alpha value is -7.32. The van der Waals surface area contributed by atoms with Gasteiger partial charge in [-0.1, -0.05) is 31.2 Å². The zero-order valence-corrected chi connectivity index (χ0v) is 33.5. The lowest BCUT2D eigenvalue weighted by molar-refractivity contribution is 0.415. The van der Waals surface area contributed by atoms with Crippen LogP contribution in [-0.4, -0.2) is 47.5 Å². The Morgan fingerprint density at radius 2 is 0.949 bits per heavy atom. The molecule has 2 atom stereocenters. The SMILES string of the molecule is COc1ccc2c(c1)c1cc(OC)ccc1n2C1=CC=CC(c2cncc(-c3cncc(-c4cccc(-n5c6ccc(OC)cc6c6cc(OC)ccc65)c4)c3)c2)C1C. The minimum absolute atomic E-state index is 0.102. The van der Waals surface area contributed by atoms with Crippen LogP contribution in [0.25, 0.3) is 77.2 Å². The lowest BCUT2D eigenvalue weighted by atomic mass is 9.82. The van der Waals surface area contributed by atoms with Crippen molar-refractivity contribution < 1.29 is 18.9 Å². The Kier molecular flexibility index (Phi) is 8.90. The average molecular weight is 775 g/mol. The van der Waals surface area contributed by atoms with Crippen LogP contribution in [0.2, 0.25) is 0 Å². The van der Waals surface area contributed by atoms with Gasteiger partial charge >= 0.3 is 0 Å². The third kappa shape index (κ3) is 6.07. The van der Waals surface area contributed by atoms with Gasteiger partial charge in [0.1, 0.15) is 23.0 Å². The fourth-order valence-corrected chi connectivity index (χ4v) is 8.86. The van der Waals surface area contributed by atoms with Crippen LogP contribution in [0, 0.1) is 5.92 Å². The van der Waals surface area contributed by atoms with E-state index in [0.717, 1.165) is 100 Å². The number of rotatable bonds is 9. The normalized spacial score (nSPS) is 15.2. The summed E-state index contributed by atoms with van der Waals surface area (Å²) in [7, 11) is 6.81. The molecule has 0 saturated heterocycles. The van der Waals surface area contributed by atoms with Crippen LogP contribution in [0.5, 0.6) is 23.0 Å².